The standard InChI is InChI=1S/C6H4Cl3NO2S/c7-3-1-4(8)6(5(9)2-3)10-13(11)12/h1-2,10H,(H,11,12)/p-1. The molecule has 0 aliphatic rings. The van der Waals surface area contributed by atoms with Crippen molar-refractivity contribution < 1.29 is 8.76 Å². The van der Waals surface area contributed by atoms with Gasteiger partial charge in [0, 0.05) is 16.3 Å². The van der Waals surface area contributed by atoms with Crippen LogP contribution in [-0.4, -0.2) is 8.76 Å². The minimum atomic E-state index is -2.46. The Bertz CT molecular complexity index is 335. The van der Waals surface area contributed by atoms with Gasteiger partial charge in [-0.25, -0.2) is 0 Å². The van der Waals surface area contributed by atoms with Gasteiger partial charge >= 0.3 is 0 Å². The molecule has 72 valence electrons. The van der Waals surface area contributed by atoms with E-state index in [0.717, 1.165) is 0 Å². The molecule has 0 aliphatic carbocycles. The van der Waals surface area contributed by atoms with E-state index >= 15 is 0 Å². The van der Waals surface area contributed by atoms with Crippen LogP contribution in [-0.2, 0) is 11.3 Å². The molecule has 0 saturated carbocycles. The van der Waals surface area contributed by atoms with E-state index in [0.29, 0.717) is 5.02 Å². The van der Waals surface area contributed by atoms with Gasteiger partial charge in [-0.1, -0.05) is 34.8 Å². The lowest BCUT2D eigenvalue weighted by molar-refractivity contribution is 0.542. The number of halogens is 3. The highest BCUT2D eigenvalue weighted by Crippen LogP contribution is 2.33. The normalized spacial score (nSPS) is 12.6. The predicted molar refractivity (Wildman–Crippen MR) is 54.0 cm³/mol. The molecule has 1 atom stereocenters. The number of rotatable bonds is 2. The van der Waals surface area contributed by atoms with E-state index in [4.69, 9.17) is 34.8 Å². The van der Waals surface area contributed by atoms with Gasteiger partial charge in [-0.05, 0) is 12.1 Å². The fourth-order valence-corrected chi connectivity index (χ4v) is 2.13. The van der Waals surface area contributed by atoms with Gasteiger partial charge in [0.25, 0.3) is 0 Å². The van der Waals surface area contributed by atoms with E-state index in [1.807, 2.05) is 0 Å². The Hall–Kier alpha value is -0.000000000000000167. The molecule has 1 unspecified atom stereocenters. The molecule has 7 heteroatoms. The van der Waals surface area contributed by atoms with Crippen LogP contribution < -0.4 is 4.72 Å². The maximum absolute atomic E-state index is 10.3. The predicted octanol–water partition coefficient (Wildman–Crippen LogP) is 2.85. The summed E-state index contributed by atoms with van der Waals surface area (Å²) in [7, 11) is 0. The molecular weight excluding hydrogens is 256 g/mol. The minimum absolute atomic E-state index is 0.126. The summed E-state index contributed by atoms with van der Waals surface area (Å²) in [6, 6.07) is 2.79. The van der Waals surface area contributed by atoms with Crippen LogP contribution in [0.3, 0.4) is 0 Å². The Morgan fingerprint density at radius 3 is 2.08 bits per heavy atom. The summed E-state index contributed by atoms with van der Waals surface area (Å²) in [6.45, 7) is 0. The molecule has 0 spiro atoms. The molecule has 0 fully saturated rings. The van der Waals surface area contributed by atoms with Crippen molar-refractivity contribution in [2.24, 2.45) is 0 Å². The highest BCUT2D eigenvalue weighted by atomic mass is 35.5. The van der Waals surface area contributed by atoms with Crippen molar-refractivity contribution in [2.45, 2.75) is 0 Å². The second kappa shape index (κ2) is 4.48. The Labute approximate surface area is 92.4 Å². The molecule has 0 saturated heterocycles. The van der Waals surface area contributed by atoms with E-state index in [1.165, 1.54) is 12.1 Å². The molecule has 3 nitrogen and oxygen atoms in total. The Morgan fingerprint density at radius 2 is 1.69 bits per heavy atom. The van der Waals surface area contributed by atoms with Gasteiger partial charge in [-0.15, -0.1) is 0 Å². The third kappa shape index (κ3) is 3.00. The smallest absolute Gasteiger partial charge is 0.0829 e. The fourth-order valence-electron chi connectivity index (χ4n) is 0.723. The van der Waals surface area contributed by atoms with E-state index in [-0.39, 0.29) is 15.7 Å². The summed E-state index contributed by atoms with van der Waals surface area (Å²) in [4.78, 5) is 0. The average molecular weight is 260 g/mol. The SMILES string of the molecule is O=S([O-])Nc1c(Cl)cc(Cl)cc1Cl. The van der Waals surface area contributed by atoms with Gasteiger partial charge in [-0.2, -0.15) is 0 Å². The highest BCUT2D eigenvalue weighted by Gasteiger charge is 2.06. The van der Waals surface area contributed by atoms with Gasteiger partial charge in [0.2, 0.25) is 0 Å². The molecule has 0 heterocycles. The first-order valence-corrected chi connectivity index (χ1v) is 5.22. The molecule has 0 radical (unpaired) electrons. The van der Waals surface area contributed by atoms with Gasteiger partial charge < -0.3 is 9.27 Å². The third-order valence-corrected chi connectivity index (χ3v) is 2.38. The average Bonchev–Trinajstić information content (AvgIpc) is 1.96. The van der Waals surface area contributed by atoms with Crippen LogP contribution in [0.1, 0.15) is 0 Å². The van der Waals surface area contributed by atoms with E-state index in [2.05, 4.69) is 4.72 Å². The number of benzene rings is 1. The van der Waals surface area contributed by atoms with Crippen LogP contribution in [0.2, 0.25) is 15.1 Å². The molecule has 0 amide bonds. The van der Waals surface area contributed by atoms with Crippen molar-refractivity contribution in [2.75, 3.05) is 4.72 Å². The summed E-state index contributed by atoms with van der Waals surface area (Å²) in [5.41, 5.74) is 0.126. The first-order chi connectivity index (χ1) is 6.00. The van der Waals surface area contributed by atoms with Gasteiger partial charge in [0.1, 0.15) is 0 Å². The van der Waals surface area contributed by atoms with Crippen LogP contribution >= 0.6 is 34.8 Å². The second-order valence-corrected chi connectivity index (χ2v) is 4.01. The first kappa shape index (κ1) is 11.1. The van der Waals surface area contributed by atoms with Crippen molar-refractivity contribution in [1.29, 1.82) is 0 Å². The van der Waals surface area contributed by atoms with Crippen LogP contribution in [0.4, 0.5) is 5.69 Å². The summed E-state index contributed by atoms with van der Waals surface area (Å²) in [5.74, 6) is 0. The van der Waals surface area contributed by atoms with E-state index in [9.17, 15) is 8.76 Å². The zero-order chi connectivity index (χ0) is 10.0. The van der Waals surface area contributed by atoms with Crippen LogP contribution in [0.25, 0.3) is 0 Å². The molecule has 13 heavy (non-hydrogen) atoms. The first-order valence-electron chi connectivity index (χ1n) is 3.01. The number of hydrogen-bond acceptors (Lipinski definition) is 2. The van der Waals surface area contributed by atoms with Gasteiger partial charge in [0.05, 0.1) is 15.7 Å². The Morgan fingerprint density at radius 1 is 1.23 bits per heavy atom. The quantitative estimate of drug-likeness (QED) is 0.830. The number of hydrogen-bond donors (Lipinski definition) is 1. The van der Waals surface area contributed by atoms with Crippen molar-refractivity contribution in [3.63, 3.8) is 0 Å². The molecule has 0 bridgehead atoms. The zero-order valence-corrected chi connectivity index (χ0v) is 9.10. The second-order valence-electron chi connectivity index (χ2n) is 2.08. The maximum Gasteiger partial charge on any atom is 0.0829 e. The van der Waals surface area contributed by atoms with Crippen molar-refractivity contribution >= 4 is 51.8 Å². The van der Waals surface area contributed by atoms with Gasteiger partial charge in [-0.3, -0.25) is 4.21 Å². The lowest BCUT2D eigenvalue weighted by Gasteiger charge is -2.11. The third-order valence-electron chi connectivity index (χ3n) is 1.19. The van der Waals surface area contributed by atoms with Crippen LogP contribution in [0, 0.1) is 0 Å². The molecular formula is C6H3Cl3NO2S-. The Kier molecular flexibility index (Phi) is 3.82. The molecule has 1 rings (SSSR count). The van der Waals surface area contributed by atoms with Crippen molar-refractivity contribution in [3.8, 4) is 0 Å². The number of anilines is 1. The van der Waals surface area contributed by atoms with Crippen LogP contribution in [0.15, 0.2) is 12.1 Å². The topological polar surface area (TPSA) is 52.2 Å². The molecule has 1 aromatic rings. The minimum Gasteiger partial charge on any atom is -0.755 e. The number of nitrogens with one attached hydrogen (secondary N) is 1. The lowest BCUT2D eigenvalue weighted by atomic mass is 10.3. The van der Waals surface area contributed by atoms with E-state index in [1.54, 1.807) is 0 Å². The Balaban J connectivity index is 3.13. The summed E-state index contributed by atoms with van der Waals surface area (Å²) < 4.78 is 22.7. The molecule has 1 N–H and O–H groups in total. The van der Waals surface area contributed by atoms with Crippen molar-refractivity contribution in [3.05, 3.63) is 27.2 Å². The zero-order valence-electron chi connectivity index (χ0n) is 6.01. The fraction of sp³-hybridized carbons (Fsp3) is 0. The molecule has 1 aromatic carbocycles. The lowest BCUT2D eigenvalue weighted by Crippen LogP contribution is -2.03. The molecule has 0 aliphatic heterocycles. The van der Waals surface area contributed by atoms with E-state index < -0.39 is 11.3 Å². The van der Waals surface area contributed by atoms with Gasteiger partial charge in [0.15, 0.2) is 0 Å². The monoisotopic (exact) mass is 258 g/mol. The van der Waals surface area contributed by atoms with Crippen molar-refractivity contribution in [1.82, 2.24) is 0 Å². The maximum atomic E-state index is 10.3. The summed E-state index contributed by atoms with van der Waals surface area (Å²) in [6.07, 6.45) is 0. The highest BCUT2D eigenvalue weighted by molar-refractivity contribution is 7.80. The largest absolute Gasteiger partial charge is 0.755 e. The summed E-state index contributed by atoms with van der Waals surface area (Å²) >= 11 is 14.5. The van der Waals surface area contributed by atoms with Crippen LogP contribution in [0.5, 0.6) is 0 Å². The summed E-state index contributed by atoms with van der Waals surface area (Å²) in [5, 5.41) is 0.653. The molecule has 0 aromatic heterocycles.